The third-order valence-corrected chi connectivity index (χ3v) is 7.52. The fraction of sp³-hybridized carbons (Fsp3) is 0.0294. The Labute approximate surface area is 210 Å². The molecule has 5 aromatic rings. The van der Waals surface area contributed by atoms with Gasteiger partial charge in [0.15, 0.2) is 0 Å². The Hall–Kier alpha value is -4.69. The second kappa shape index (κ2) is 7.93. The molecule has 4 aromatic carbocycles. The van der Waals surface area contributed by atoms with Gasteiger partial charge in [0.1, 0.15) is 0 Å². The lowest BCUT2D eigenvalue weighted by Crippen LogP contribution is -2.35. The van der Waals surface area contributed by atoms with E-state index in [-0.39, 0.29) is 0 Å². The molecular weight excluding hydrogens is 436 g/mol. The van der Waals surface area contributed by atoms with Crippen molar-refractivity contribution in [1.82, 2.24) is 4.98 Å². The summed E-state index contributed by atoms with van der Waals surface area (Å²) >= 11 is 0. The highest BCUT2D eigenvalue weighted by molar-refractivity contribution is 5.88. The van der Waals surface area contributed by atoms with E-state index in [4.69, 9.17) is 0 Å². The first kappa shape index (κ1) is 20.7. The highest BCUT2D eigenvalue weighted by Gasteiger charge is 2.43. The summed E-state index contributed by atoms with van der Waals surface area (Å²) in [5.41, 5.74) is 9.28. The molecule has 1 heterocycles. The predicted molar refractivity (Wildman–Crippen MR) is 149 cm³/mol. The van der Waals surface area contributed by atoms with Crippen LogP contribution in [0.25, 0.3) is 23.8 Å². The van der Waals surface area contributed by atoms with Crippen molar-refractivity contribution >= 4 is 29.7 Å². The van der Waals surface area contributed by atoms with Crippen LogP contribution in [-0.2, 0) is 5.41 Å². The molecular formula is C34H24N2. The summed E-state index contributed by atoms with van der Waals surface area (Å²) in [6, 6.07) is 36.9. The summed E-state index contributed by atoms with van der Waals surface area (Å²) in [5.74, 6) is 0. The maximum Gasteiger partial charge on any atom is 0.0653 e. The van der Waals surface area contributed by atoms with E-state index in [1.54, 1.807) is 0 Å². The standard InChI is InChI=1S/C34H24N2/c1-24-25-9-7-15-31(24)34(20-8-10-25)32-14-6-5-13-29(32)30-17-16-28(23-33(30)34)36(26-11-3-2-4-12-26)27-18-21-35-22-19-27/h2-23H,1H2. The molecule has 2 bridgehead atoms. The van der Waals surface area contributed by atoms with Crippen LogP contribution < -0.4 is 15.3 Å². The SMILES string of the molecule is C=c1c2cccc1=CC=CC21c2ccccc2-c2ccc(N(c3ccccc3)c3ccncc3)cc21. The van der Waals surface area contributed by atoms with E-state index in [1.165, 1.54) is 33.0 Å². The second-order valence-corrected chi connectivity index (χ2v) is 9.36. The number of para-hydroxylation sites is 1. The topological polar surface area (TPSA) is 16.1 Å². The van der Waals surface area contributed by atoms with Crippen molar-refractivity contribution in [1.29, 1.82) is 0 Å². The average Bonchev–Trinajstić information content (AvgIpc) is 3.18. The molecule has 1 aromatic heterocycles. The Morgan fingerprint density at radius 3 is 2.19 bits per heavy atom. The Kier molecular flexibility index (Phi) is 4.55. The van der Waals surface area contributed by atoms with Crippen molar-refractivity contribution in [3.05, 3.63) is 155 Å². The minimum absolute atomic E-state index is 0.400. The number of aromatic nitrogens is 1. The number of hydrogen-bond acceptors (Lipinski definition) is 2. The van der Waals surface area contributed by atoms with Crippen molar-refractivity contribution < 1.29 is 0 Å². The van der Waals surface area contributed by atoms with Crippen LogP contribution in [0.5, 0.6) is 0 Å². The molecule has 2 heteroatoms. The molecule has 0 N–H and O–H groups in total. The van der Waals surface area contributed by atoms with Crippen LogP contribution in [0.3, 0.4) is 0 Å². The molecule has 1 atom stereocenters. The molecule has 2 aliphatic carbocycles. The number of benzene rings is 4. The number of anilines is 3. The zero-order valence-electron chi connectivity index (χ0n) is 19.8. The van der Waals surface area contributed by atoms with Gasteiger partial charge in [0.05, 0.1) is 5.41 Å². The number of fused-ring (bicyclic) bond motifs is 8. The minimum atomic E-state index is -0.400. The minimum Gasteiger partial charge on any atom is -0.310 e. The van der Waals surface area contributed by atoms with Crippen LogP contribution >= 0.6 is 0 Å². The molecule has 36 heavy (non-hydrogen) atoms. The van der Waals surface area contributed by atoms with Gasteiger partial charge in [-0.25, -0.2) is 0 Å². The van der Waals surface area contributed by atoms with Gasteiger partial charge in [-0.05, 0) is 74.7 Å². The fourth-order valence-corrected chi connectivity index (χ4v) is 5.94. The van der Waals surface area contributed by atoms with Gasteiger partial charge in [-0.2, -0.15) is 0 Å². The van der Waals surface area contributed by atoms with Gasteiger partial charge < -0.3 is 4.90 Å². The molecule has 0 fully saturated rings. The summed E-state index contributed by atoms with van der Waals surface area (Å²) in [5, 5.41) is 2.26. The first-order valence-electron chi connectivity index (χ1n) is 12.2. The zero-order chi connectivity index (χ0) is 24.1. The number of pyridine rings is 1. The van der Waals surface area contributed by atoms with Crippen molar-refractivity contribution in [3.63, 3.8) is 0 Å². The Bertz CT molecular complexity index is 1710. The maximum atomic E-state index is 4.53. The first-order chi connectivity index (χ1) is 17.8. The van der Waals surface area contributed by atoms with E-state index in [2.05, 4.69) is 138 Å². The molecule has 0 amide bonds. The van der Waals surface area contributed by atoms with Gasteiger partial charge >= 0.3 is 0 Å². The van der Waals surface area contributed by atoms with Gasteiger partial charge in [-0.1, -0.05) is 91.5 Å². The molecule has 7 rings (SSSR count). The van der Waals surface area contributed by atoms with Crippen molar-refractivity contribution in [2.75, 3.05) is 4.90 Å². The van der Waals surface area contributed by atoms with Crippen LogP contribution in [0.15, 0.2) is 128 Å². The predicted octanol–water partition coefficient (Wildman–Crippen LogP) is 6.63. The molecule has 2 aliphatic rings. The van der Waals surface area contributed by atoms with Gasteiger partial charge in [0.2, 0.25) is 0 Å². The molecule has 1 unspecified atom stereocenters. The van der Waals surface area contributed by atoms with Gasteiger partial charge in [-0.15, -0.1) is 0 Å². The fourth-order valence-electron chi connectivity index (χ4n) is 5.94. The van der Waals surface area contributed by atoms with Crippen LogP contribution in [-0.4, -0.2) is 4.98 Å². The van der Waals surface area contributed by atoms with Crippen LogP contribution in [0.4, 0.5) is 17.1 Å². The van der Waals surface area contributed by atoms with Crippen LogP contribution in [0.2, 0.25) is 0 Å². The lowest BCUT2D eigenvalue weighted by atomic mass is 9.72. The highest BCUT2D eigenvalue weighted by atomic mass is 15.1. The second-order valence-electron chi connectivity index (χ2n) is 9.36. The van der Waals surface area contributed by atoms with E-state index >= 15 is 0 Å². The van der Waals surface area contributed by atoms with Gasteiger partial charge in [-0.3, -0.25) is 4.98 Å². The molecule has 0 saturated carbocycles. The Morgan fingerprint density at radius 2 is 1.33 bits per heavy atom. The van der Waals surface area contributed by atoms with E-state index in [1.807, 2.05) is 12.4 Å². The van der Waals surface area contributed by atoms with Gasteiger partial charge in [0, 0.05) is 29.5 Å². The highest BCUT2D eigenvalue weighted by Crippen LogP contribution is 2.54. The van der Waals surface area contributed by atoms with E-state index in [9.17, 15) is 0 Å². The Morgan fingerprint density at radius 1 is 0.611 bits per heavy atom. The molecule has 0 aliphatic heterocycles. The van der Waals surface area contributed by atoms with Crippen molar-refractivity contribution in [3.8, 4) is 11.1 Å². The monoisotopic (exact) mass is 460 g/mol. The smallest absolute Gasteiger partial charge is 0.0653 e. The molecule has 1 spiro atoms. The summed E-state index contributed by atoms with van der Waals surface area (Å²) in [4.78, 5) is 6.55. The zero-order valence-corrected chi connectivity index (χ0v) is 19.8. The molecule has 2 nitrogen and oxygen atoms in total. The number of hydrogen-bond donors (Lipinski definition) is 0. The number of nitrogens with zero attached hydrogens (tertiary/aromatic N) is 2. The summed E-state index contributed by atoms with van der Waals surface area (Å²) in [6.07, 6.45) is 10.4. The lowest BCUT2D eigenvalue weighted by Gasteiger charge is -2.31. The first-order valence-corrected chi connectivity index (χ1v) is 12.2. The maximum absolute atomic E-state index is 4.53. The Balaban J connectivity index is 1.53. The number of allylic oxidation sites excluding steroid dienone is 2. The van der Waals surface area contributed by atoms with E-state index < -0.39 is 5.41 Å². The van der Waals surface area contributed by atoms with Gasteiger partial charge in [0.25, 0.3) is 0 Å². The van der Waals surface area contributed by atoms with E-state index in [0.717, 1.165) is 22.3 Å². The van der Waals surface area contributed by atoms with Crippen molar-refractivity contribution in [2.24, 2.45) is 0 Å². The average molecular weight is 461 g/mol. The van der Waals surface area contributed by atoms with Crippen molar-refractivity contribution in [2.45, 2.75) is 5.41 Å². The summed E-state index contributed by atoms with van der Waals surface area (Å²) < 4.78 is 0. The van der Waals surface area contributed by atoms with E-state index in [0.29, 0.717) is 0 Å². The summed E-state index contributed by atoms with van der Waals surface area (Å²) in [7, 11) is 0. The third kappa shape index (κ3) is 2.88. The normalized spacial score (nSPS) is 16.7. The van der Waals surface area contributed by atoms with Crippen LogP contribution in [0, 0.1) is 0 Å². The molecule has 0 saturated heterocycles. The summed E-state index contributed by atoms with van der Waals surface area (Å²) in [6.45, 7) is 4.53. The molecule has 170 valence electrons. The third-order valence-electron chi connectivity index (χ3n) is 7.52. The quantitative estimate of drug-likeness (QED) is 0.301. The lowest BCUT2D eigenvalue weighted by molar-refractivity contribution is 0.799. The number of rotatable bonds is 3. The largest absolute Gasteiger partial charge is 0.310 e. The molecule has 0 radical (unpaired) electrons. The van der Waals surface area contributed by atoms with Crippen LogP contribution in [0.1, 0.15) is 16.7 Å².